The molecule has 5 heteroatoms. The van der Waals surface area contributed by atoms with Crippen molar-refractivity contribution in [2.45, 2.75) is 17.7 Å². The molecule has 1 aliphatic heterocycles. The number of benzene rings is 1. The van der Waals surface area contributed by atoms with Crippen LogP contribution in [0.3, 0.4) is 0 Å². The summed E-state index contributed by atoms with van der Waals surface area (Å²) in [7, 11) is 0. The topological polar surface area (TPSA) is 41.1 Å². The first kappa shape index (κ1) is 16.3. The molecule has 106 valence electrons. The van der Waals surface area contributed by atoms with Gasteiger partial charge in [0.25, 0.3) is 5.91 Å². The third kappa shape index (κ3) is 4.71. The number of piperidine rings is 1. The van der Waals surface area contributed by atoms with E-state index in [-0.39, 0.29) is 18.3 Å². The second-order valence-corrected chi connectivity index (χ2v) is 5.47. The van der Waals surface area contributed by atoms with Crippen LogP contribution in [0.15, 0.2) is 29.2 Å². The number of nitrogens with one attached hydrogen (secondary N) is 2. The number of rotatable bonds is 4. The Morgan fingerprint density at radius 3 is 2.95 bits per heavy atom. The first-order chi connectivity index (χ1) is 8.81. The number of hydrogen-bond donors (Lipinski definition) is 2. The Labute approximate surface area is 125 Å². The zero-order valence-electron chi connectivity index (χ0n) is 11.1. The van der Waals surface area contributed by atoms with E-state index in [1.165, 1.54) is 12.8 Å². The van der Waals surface area contributed by atoms with E-state index in [0.29, 0.717) is 5.92 Å². The van der Waals surface area contributed by atoms with Crippen LogP contribution in [0.5, 0.6) is 0 Å². The second-order valence-electron chi connectivity index (χ2n) is 4.62. The highest BCUT2D eigenvalue weighted by molar-refractivity contribution is 7.98. The summed E-state index contributed by atoms with van der Waals surface area (Å²) in [6.07, 6.45) is 4.41. The predicted octanol–water partition coefficient (Wildman–Crippen LogP) is 2.56. The first-order valence-corrected chi connectivity index (χ1v) is 7.65. The van der Waals surface area contributed by atoms with E-state index in [9.17, 15) is 4.79 Å². The molecule has 1 aromatic carbocycles. The van der Waals surface area contributed by atoms with Gasteiger partial charge in [0, 0.05) is 11.4 Å². The number of thioether (sulfide) groups is 1. The van der Waals surface area contributed by atoms with Crippen molar-refractivity contribution in [3.8, 4) is 0 Å². The quantitative estimate of drug-likeness (QED) is 0.840. The lowest BCUT2D eigenvalue weighted by Crippen LogP contribution is -2.38. The van der Waals surface area contributed by atoms with Gasteiger partial charge in [-0.15, -0.1) is 24.2 Å². The average molecular weight is 301 g/mol. The normalized spacial score (nSPS) is 18.5. The molecule has 0 spiro atoms. The lowest BCUT2D eigenvalue weighted by molar-refractivity contribution is 0.0942. The molecule has 0 bridgehead atoms. The number of carbonyl (C=O) groups excluding carboxylic acids is 1. The second kappa shape index (κ2) is 8.46. The SMILES string of the molecule is CSc1ccccc1C(=O)NCC1CCCNC1.Cl. The molecule has 1 unspecified atom stereocenters. The van der Waals surface area contributed by atoms with Crippen molar-refractivity contribution in [2.24, 2.45) is 5.92 Å². The lowest BCUT2D eigenvalue weighted by atomic mass is 10.00. The monoisotopic (exact) mass is 300 g/mol. The summed E-state index contributed by atoms with van der Waals surface area (Å²) in [5.74, 6) is 0.620. The molecule has 0 aromatic heterocycles. The van der Waals surface area contributed by atoms with E-state index >= 15 is 0 Å². The first-order valence-electron chi connectivity index (χ1n) is 6.43. The number of carbonyl (C=O) groups is 1. The zero-order valence-corrected chi connectivity index (χ0v) is 12.8. The van der Waals surface area contributed by atoms with Gasteiger partial charge in [0.1, 0.15) is 0 Å². The zero-order chi connectivity index (χ0) is 12.8. The Kier molecular flexibility index (Phi) is 7.28. The molecular weight excluding hydrogens is 280 g/mol. The van der Waals surface area contributed by atoms with Crippen LogP contribution >= 0.6 is 24.2 Å². The molecule has 0 aliphatic carbocycles. The summed E-state index contributed by atoms with van der Waals surface area (Å²) in [6, 6.07) is 7.76. The fraction of sp³-hybridized carbons (Fsp3) is 0.500. The molecule has 0 radical (unpaired) electrons. The summed E-state index contributed by atoms with van der Waals surface area (Å²) < 4.78 is 0. The minimum atomic E-state index is 0. The van der Waals surface area contributed by atoms with Crippen LogP contribution in [0.25, 0.3) is 0 Å². The molecule has 1 aromatic rings. The highest BCUT2D eigenvalue weighted by Gasteiger charge is 2.15. The maximum absolute atomic E-state index is 12.1. The molecule has 3 nitrogen and oxygen atoms in total. The van der Waals surface area contributed by atoms with Gasteiger partial charge in [0.15, 0.2) is 0 Å². The van der Waals surface area contributed by atoms with Gasteiger partial charge in [-0.25, -0.2) is 0 Å². The fourth-order valence-electron chi connectivity index (χ4n) is 2.26. The molecule has 1 atom stereocenters. The van der Waals surface area contributed by atoms with E-state index < -0.39 is 0 Å². The Bertz CT molecular complexity index is 408. The number of hydrogen-bond acceptors (Lipinski definition) is 3. The van der Waals surface area contributed by atoms with E-state index in [1.54, 1.807) is 11.8 Å². The summed E-state index contributed by atoms with van der Waals surface area (Å²) in [5, 5.41) is 6.42. The molecule has 1 fully saturated rings. The van der Waals surface area contributed by atoms with Crippen molar-refractivity contribution in [2.75, 3.05) is 25.9 Å². The minimum absolute atomic E-state index is 0. The molecule has 1 aliphatic rings. The van der Waals surface area contributed by atoms with Crippen LogP contribution in [-0.2, 0) is 0 Å². The molecule has 1 heterocycles. The van der Waals surface area contributed by atoms with Gasteiger partial charge in [-0.05, 0) is 50.2 Å². The molecule has 2 N–H and O–H groups in total. The predicted molar refractivity (Wildman–Crippen MR) is 83.4 cm³/mol. The standard InChI is InChI=1S/C14H20N2OS.ClH/c1-18-13-7-3-2-6-12(13)14(17)16-10-11-5-4-8-15-9-11;/h2-3,6-7,11,15H,4-5,8-10H2,1H3,(H,16,17);1H. The van der Waals surface area contributed by atoms with Gasteiger partial charge in [-0.3, -0.25) is 4.79 Å². The van der Waals surface area contributed by atoms with Gasteiger partial charge < -0.3 is 10.6 Å². The largest absolute Gasteiger partial charge is 0.352 e. The smallest absolute Gasteiger partial charge is 0.252 e. The maximum Gasteiger partial charge on any atom is 0.252 e. The Morgan fingerprint density at radius 2 is 2.26 bits per heavy atom. The van der Waals surface area contributed by atoms with Crippen LogP contribution in [0, 0.1) is 5.92 Å². The van der Waals surface area contributed by atoms with Crippen molar-refractivity contribution >= 4 is 30.1 Å². The molecule has 1 saturated heterocycles. The van der Waals surface area contributed by atoms with Gasteiger partial charge in [0.05, 0.1) is 5.56 Å². The molecular formula is C14H21ClN2OS. The van der Waals surface area contributed by atoms with E-state index in [4.69, 9.17) is 0 Å². The highest BCUT2D eigenvalue weighted by Crippen LogP contribution is 2.19. The third-order valence-electron chi connectivity index (χ3n) is 3.30. The number of amides is 1. The minimum Gasteiger partial charge on any atom is -0.352 e. The number of halogens is 1. The van der Waals surface area contributed by atoms with Gasteiger partial charge in [-0.2, -0.15) is 0 Å². The highest BCUT2D eigenvalue weighted by atomic mass is 35.5. The van der Waals surface area contributed by atoms with Gasteiger partial charge in [-0.1, -0.05) is 12.1 Å². The summed E-state index contributed by atoms with van der Waals surface area (Å²) in [6.45, 7) is 2.90. The van der Waals surface area contributed by atoms with E-state index in [0.717, 1.165) is 30.1 Å². The average Bonchev–Trinajstić information content (AvgIpc) is 2.45. The Morgan fingerprint density at radius 1 is 1.47 bits per heavy atom. The lowest BCUT2D eigenvalue weighted by Gasteiger charge is -2.23. The van der Waals surface area contributed by atoms with Crippen molar-refractivity contribution in [1.29, 1.82) is 0 Å². The fourth-order valence-corrected chi connectivity index (χ4v) is 2.86. The summed E-state index contributed by atoms with van der Waals surface area (Å²) in [4.78, 5) is 13.2. The van der Waals surface area contributed by atoms with Crippen molar-refractivity contribution in [3.05, 3.63) is 29.8 Å². The molecule has 19 heavy (non-hydrogen) atoms. The maximum atomic E-state index is 12.1. The Hall–Kier alpha value is -0.710. The van der Waals surface area contributed by atoms with Crippen LogP contribution in [0.1, 0.15) is 23.2 Å². The van der Waals surface area contributed by atoms with Crippen LogP contribution in [-0.4, -0.2) is 31.8 Å². The van der Waals surface area contributed by atoms with E-state index in [1.807, 2.05) is 30.5 Å². The molecule has 2 rings (SSSR count). The summed E-state index contributed by atoms with van der Waals surface area (Å²) >= 11 is 1.61. The Balaban J connectivity index is 0.00000180. The van der Waals surface area contributed by atoms with Crippen LogP contribution in [0.4, 0.5) is 0 Å². The van der Waals surface area contributed by atoms with Gasteiger partial charge in [0.2, 0.25) is 0 Å². The van der Waals surface area contributed by atoms with Crippen molar-refractivity contribution < 1.29 is 4.79 Å². The third-order valence-corrected chi connectivity index (χ3v) is 4.10. The molecule has 1 amide bonds. The van der Waals surface area contributed by atoms with Crippen molar-refractivity contribution in [3.63, 3.8) is 0 Å². The van der Waals surface area contributed by atoms with Gasteiger partial charge >= 0.3 is 0 Å². The van der Waals surface area contributed by atoms with Crippen molar-refractivity contribution in [1.82, 2.24) is 10.6 Å². The molecule has 0 saturated carbocycles. The van der Waals surface area contributed by atoms with Crippen LogP contribution in [0.2, 0.25) is 0 Å². The summed E-state index contributed by atoms with van der Waals surface area (Å²) in [5.41, 5.74) is 0.786. The van der Waals surface area contributed by atoms with Crippen LogP contribution < -0.4 is 10.6 Å². The van der Waals surface area contributed by atoms with E-state index in [2.05, 4.69) is 10.6 Å².